The molecule has 0 unspecified atom stereocenters. The number of nitrogens with two attached hydrogens (primary N) is 1. The first-order valence-corrected chi connectivity index (χ1v) is 5.76. The molecule has 0 aliphatic rings. The summed E-state index contributed by atoms with van der Waals surface area (Å²) in [6.07, 6.45) is 0. The van der Waals surface area contributed by atoms with E-state index in [0.717, 1.165) is 5.69 Å². The van der Waals surface area contributed by atoms with Crippen LogP contribution in [0, 0.1) is 0 Å². The van der Waals surface area contributed by atoms with Crippen molar-refractivity contribution in [3.8, 4) is 0 Å². The van der Waals surface area contributed by atoms with Crippen molar-refractivity contribution < 1.29 is 4.79 Å². The number of hydrogen-bond donors (Lipinski definition) is 2. The van der Waals surface area contributed by atoms with Crippen molar-refractivity contribution in [2.75, 3.05) is 11.9 Å². The maximum atomic E-state index is 11.0. The maximum Gasteiger partial charge on any atom is 0.238 e. The lowest BCUT2D eigenvalue weighted by molar-refractivity contribution is -0.114. The second kappa shape index (κ2) is 5.78. The molecule has 1 rings (SSSR count). The molecule has 0 saturated heterocycles. The van der Waals surface area contributed by atoms with Crippen LogP contribution in [0.5, 0.6) is 0 Å². The average Bonchev–Trinajstić information content (AvgIpc) is 2.20. The Morgan fingerprint density at radius 1 is 1.40 bits per heavy atom. The van der Waals surface area contributed by atoms with Crippen LogP contribution in [0.4, 0.5) is 5.69 Å². The molecular formula is C11H16N2OS. The molecule has 3 N–H and O–H groups in total. The first kappa shape index (κ1) is 12.1. The van der Waals surface area contributed by atoms with Crippen molar-refractivity contribution in [1.82, 2.24) is 0 Å². The minimum atomic E-state index is -0.167. The van der Waals surface area contributed by atoms with Gasteiger partial charge in [-0.2, -0.15) is 0 Å². The lowest BCUT2D eigenvalue weighted by Gasteiger charge is -2.06. The summed E-state index contributed by atoms with van der Waals surface area (Å²) in [6.45, 7) is 4.31. The van der Waals surface area contributed by atoms with Gasteiger partial charge < -0.3 is 11.1 Å². The van der Waals surface area contributed by atoms with E-state index in [1.54, 1.807) is 11.8 Å². The Bertz CT molecular complexity index is 322. The van der Waals surface area contributed by atoms with Crippen molar-refractivity contribution in [3.05, 3.63) is 24.3 Å². The third kappa shape index (κ3) is 4.36. The fourth-order valence-electron chi connectivity index (χ4n) is 1.10. The SMILES string of the molecule is CC(C)Sc1ccc(NC(=O)CN)cc1. The molecule has 0 aromatic heterocycles. The van der Waals surface area contributed by atoms with E-state index in [4.69, 9.17) is 5.73 Å². The number of anilines is 1. The molecule has 0 fully saturated rings. The van der Waals surface area contributed by atoms with Gasteiger partial charge in [-0.1, -0.05) is 13.8 Å². The Hall–Kier alpha value is -1.00. The Morgan fingerprint density at radius 3 is 2.47 bits per heavy atom. The molecule has 0 aliphatic heterocycles. The van der Waals surface area contributed by atoms with E-state index < -0.39 is 0 Å². The van der Waals surface area contributed by atoms with Gasteiger partial charge in [0.2, 0.25) is 5.91 Å². The molecule has 1 aromatic rings. The summed E-state index contributed by atoms with van der Waals surface area (Å²) in [7, 11) is 0. The molecule has 0 radical (unpaired) electrons. The molecule has 0 spiro atoms. The van der Waals surface area contributed by atoms with Crippen LogP contribution in [0.15, 0.2) is 29.2 Å². The highest BCUT2D eigenvalue weighted by Gasteiger charge is 2.00. The van der Waals surface area contributed by atoms with Crippen molar-refractivity contribution in [1.29, 1.82) is 0 Å². The van der Waals surface area contributed by atoms with Gasteiger partial charge in [0.25, 0.3) is 0 Å². The van der Waals surface area contributed by atoms with Gasteiger partial charge >= 0.3 is 0 Å². The van der Waals surface area contributed by atoms with Gasteiger partial charge in [0, 0.05) is 15.8 Å². The topological polar surface area (TPSA) is 55.1 Å². The highest BCUT2D eigenvalue weighted by Crippen LogP contribution is 2.23. The Balaban J connectivity index is 2.60. The highest BCUT2D eigenvalue weighted by molar-refractivity contribution is 7.99. The van der Waals surface area contributed by atoms with E-state index in [-0.39, 0.29) is 12.5 Å². The van der Waals surface area contributed by atoms with Gasteiger partial charge in [-0.3, -0.25) is 4.79 Å². The molecule has 3 nitrogen and oxygen atoms in total. The van der Waals surface area contributed by atoms with Crippen LogP contribution in [0.3, 0.4) is 0 Å². The van der Waals surface area contributed by atoms with Gasteiger partial charge in [-0.25, -0.2) is 0 Å². The Kier molecular flexibility index (Phi) is 4.65. The monoisotopic (exact) mass is 224 g/mol. The minimum absolute atomic E-state index is 0.0164. The third-order valence-electron chi connectivity index (χ3n) is 1.70. The van der Waals surface area contributed by atoms with E-state index in [2.05, 4.69) is 19.2 Å². The Labute approximate surface area is 94.4 Å². The molecular weight excluding hydrogens is 208 g/mol. The number of carbonyl (C=O) groups excluding carboxylic acids is 1. The number of carbonyl (C=O) groups is 1. The predicted octanol–water partition coefficient (Wildman–Crippen LogP) is 2.08. The molecule has 0 atom stereocenters. The van der Waals surface area contributed by atoms with Gasteiger partial charge in [-0.15, -0.1) is 11.8 Å². The van der Waals surface area contributed by atoms with Crippen molar-refractivity contribution in [2.24, 2.45) is 5.73 Å². The molecule has 0 saturated carbocycles. The standard InChI is InChI=1S/C11H16N2OS/c1-8(2)15-10-5-3-9(4-6-10)13-11(14)7-12/h3-6,8H,7,12H2,1-2H3,(H,13,14). The van der Waals surface area contributed by atoms with E-state index in [9.17, 15) is 4.79 Å². The summed E-state index contributed by atoms with van der Waals surface area (Å²) in [5, 5.41) is 3.26. The van der Waals surface area contributed by atoms with E-state index in [1.165, 1.54) is 4.90 Å². The molecule has 1 aromatic carbocycles. The maximum absolute atomic E-state index is 11.0. The summed E-state index contributed by atoms with van der Waals surface area (Å²) < 4.78 is 0. The van der Waals surface area contributed by atoms with Crippen LogP contribution >= 0.6 is 11.8 Å². The van der Waals surface area contributed by atoms with E-state index >= 15 is 0 Å². The number of hydrogen-bond acceptors (Lipinski definition) is 3. The zero-order valence-electron chi connectivity index (χ0n) is 8.99. The van der Waals surface area contributed by atoms with Crippen molar-refractivity contribution in [3.63, 3.8) is 0 Å². The van der Waals surface area contributed by atoms with Crippen LogP contribution in [0.2, 0.25) is 0 Å². The van der Waals surface area contributed by atoms with Crippen molar-refractivity contribution >= 4 is 23.4 Å². The van der Waals surface area contributed by atoms with Crippen LogP contribution in [0.1, 0.15) is 13.8 Å². The van der Waals surface area contributed by atoms with Crippen LogP contribution in [0.25, 0.3) is 0 Å². The first-order valence-electron chi connectivity index (χ1n) is 4.88. The normalized spacial score (nSPS) is 10.4. The predicted molar refractivity (Wildman–Crippen MR) is 65.1 cm³/mol. The summed E-state index contributed by atoms with van der Waals surface area (Å²) in [6, 6.07) is 7.77. The third-order valence-corrected chi connectivity index (χ3v) is 2.71. The molecule has 0 aliphatic carbocycles. The second-order valence-corrected chi connectivity index (χ2v) is 5.09. The fraction of sp³-hybridized carbons (Fsp3) is 0.364. The van der Waals surface area contributed by atoms with Crippen molar-refractivity contribution in [2.45, 2.75) is 24.0 Å². The quantitative estimate of drug-likeness (QED) is 0.770. The highest BCUT2D eigenvalue weighted by atomic mass is 32.2. The van der Waals surface area contributed by atoms with Gasteiger partial charge in [0.05, 0.1) is 6.54 Å². The molecule has 0 heterocycles. The number of thioether (sulfide) groups is 1. The van der Waals surface area contributed by atoms with Crippen LogP contribution in [-0.4, -0.2) is 17.7 Å². The first-order chi connectivity index (χ1) is 7.11. The largest absolute Gasteiger partial charge is 0.325 e. The number of amides is 1. The van der Waals surface area contributed by atoms with Crippen LogP contribution < -0.4 is 11.1 Å². The summed E-state index contributed by atoms with van der Waals surface area (Å²) in [5.41, 5.74) is 5.99. The summed E-state index contributed by atoms with van der Waals surface area (Å²) in [5.74, 6) is -0.167. The number of rotatable bonds is 4. The molecule has 82 valence electrons. The van der Waals surface area contributed by atoms with E-state index in [0.29, 0.717) is 5.25 Å². The second-order valence-electron chi connectivity index (χ2n) is 3.44. The molecule has 0 bridgehead atoms. The molecule has 15 heavy (non-hydrogen) atoms. The number of nitrogens with one attached hydrogen (secondary N) is 1. The Morgan fingerprint density at radius 2 is 2.00 bits per heavy atom. The summed E-state index contributed by atoms with van der Waals surface area (Å²) >= 11 is 1.79. The minimum Gasteiger partial charge on any atom is -0.325 e. The lowest BCUT2D eigenvalue weighted by Crippen LogP contribution is -2.21. The average molecular weight is 224 g/mol. The van der Waals surface area contributed by atoms with Gasteiger partial charge in [-0.05, 0) is 24.3 Å². The fourth-order valence-corrected chi connectivity index (χ4v) is 1.94. The van der Waals surface area contributed by atoms with Gasteiger partial charge in [0.15, 0.2) is 0 Å². The lowest BCUT2D eigenvalue weighted by atomic mass is 10.3. The molecule has 4 heteroatoms. The zero-order valence-corrected chi connectivity index (χ0v) is 9.80. The molecule has 1 amide bonds. The summed E-state index contributed by atoms with van der Waals surface area (Å²) in [4.78, 5) is 12.2. The number of benzene rings is 1. The smallest absolute Gasteiger partial charge is 0.238 e. The van der Waals surface area contributed by atoms with Crippen LogP contribution in [-0.2, 0) is 4.79 Å². The van der Waals surface area contributed by atoms with E-state index in [1.807, 2.05) is 24.3 Å². The zero-order chi connectivity index (χ0) is 11.3. The van der Waals surface area contributed by atoms with Gasteiger partial charge in [0.1, 0.15) is 0 Å².